The summed E-state index contributed by atoms with van der Waals surface area (Å²) in [7, 11) is 0. The molecule has 1 aliphatic rings. The van der Waals surface area contributed by atoms with Crippen LogP contribution in [0.2, 0.25) is 0 Å². The van der Waals surface area contributed by atoms with Crippen molar-refractivity contribution in [2.45, 2.75) is 44.6 Å². The number of rotatable bonds is 4. The SMILES string of the molecule is NC(CC(=O)N1CCCn2c(C(F)(F)F)cnc2C1)Cc1cc(F)ccc1F. The maximum absolute atomic E-state index is 13.7. The van der Waals surface area contributed by atoms with Crippen LogP contribution in [0.3, 0.4) is 0 Å². The van der Waals surface area contributed by atoms with Crippen LogP contribution in [0.25, 0.3) is 0 Å². The van der Waals surface area contributed by atoms with E-state index in [4.69, 9.17) is 5.73 Å². The fraction of sp³-hybridized carbons (Fsp3) is 0.444. The van der Waals surface area contributed by atoms with Gasteiger partial charge in [0.15, 0.2) is 0 Å². The van der Waals surface area contributed by atoms with E-state index in [-0.39, 0.29) is 49.8 Å². The molecule has 2 heterocycles. The Morgan fingerprint density at radius 2 is 2.00 bits per heavy atom. The number of benzene rings is 1. The lowest BCUT2D eigenvalue weighted by Gasteiger charge is -2.22. The number of fused-ring (bicyclic) bond motifs is 1. The van der Waals surface area contributed by atoms with Crippen LogP contribution in [0.15, 0.2) is 24.4 Å². The van der Waals surface area contributed by atoms with Crippen molar-refractivity contribution in [3.05, 3.63) is 53.1 Å². The molecule has 1 atom stereocenters. The normalized spacial score (nSPS) is 15.9. The first kappa shape index (κ1) is 20.2. The number of halogens is 5. The van der Waals surface area contributed by atoms with Crippen molar-refractivity contribution in [3.8, 4) is 0 Å². The predicted molar refractivity (Wildman–Crippen MR) is 89.9 cm³/mol. The van der Waals surface area contributed by atoms with Crippen LogP contribution in [0.1, 0.15) is 29.9 Å². The molecule has 5 nitrogen and oxygen atoms in total. The zero-order valence-corrected chi connectivity index (χ0v) is 14.8. The van der Waals surface area contributed by atoms with Crippen LogP contribution in [-0.4, -0.2) is 32.9 Å². The number of hydrogen-bond donors (Lipinski definition) is 1. The Kier molecular flexibility index (Phi) is 5.69. The van der Waals surface area contributed by atoms with Crippen LogP contribution in [-0.2, 0) is 30.5 Å². The molecular formula is C18H19F5N4O. The Labute approximate surface area is 157 Å². The van der Waals surface area contributed by atoms with Gasteiger partial charge in [0.25, 0.3) is 0 Å². The second kappa shape index (κ2) is 7.86. The van der Waals surface area contributed by atoms with Crippen molar-refractivity contribution in [1.29, 1.82) is 0 Å². The Balaban J connectivity index is 1.66. The fourth-order valence-electron chi connectivity index (χ4n) is 3.31. The summed E-state index contributed by atoms with van der Waals surface area (Å²) in [6.07, 6.45) is -3.58. The topological polar surface area (TPSA) is 64.2 Å². The van der Waals surface area contributed by atoms with Gasteiger partial charge in [-0.25, -0.2) is 13.8 Å². The number of alkyl halides is 3. The summed E-state index contributed by atoms with van der Waals surface area (Å²) in [5, 5.41) is 0. The minimum Gasteiger partial charge on any atom is -0.335 e. The van der Waals surface area contributed by atoms with E-state index in [0.717, 1.165) is 29.0 Å². The number of hydrogen-bond acceptors (Lipinski definition) is 3. The molecule has 10 heteroatoms. The van der Waals surface area contributed by atoms with Gasteiger partial charge in [0, 0.05) is 25.6 Å². The molecule has 0 aliphatic carbocycles. The molecule has 2 aromatic rings. The highest BCUT2D eigenvalue weighted by molar-refractivity contribution is 5.76. The number of aromatic nitrogens is 2. The third kappa shape index (κ3) is 4.49. The molecule has 0 bridgehead atoms. The number of amides is 1. The lowest BCUT2D eigenvalue weighted by atomic mass is 10.0. The summed E-state index contributed by atoms with van der Waals surface area (Å²) in [6.45, 7) is 0.311. The van der Waals surface area contributed by atoms with E-state index in [1.54, 1.807) is 0 Å². The van der Waals surface area contributed by atoms with E-state index in [0.29, 0.717) is 6.42 Å². The minimum absolute atomic E-state index is 0.0317. The van der Waals surface area contributed by atoms with Gasteiger partial charge in [0.05, 0.1) is 12.7 Å². The summed E-state index contributed by atoms with van der Waals surface area (Å²) in [5.74, 6) is -1.42. The third-order valence-electron chi connectivity index (χ3n) is 4.65. The molecule has 3 rings (SSSR count). The summed E-state index contributed by atoms with van der Waals surface area (Å²) >= 11 is 0. The van der Waals surface area contributed by atoms with Crippen molar-refractivity contribution in [1.82, 2.24) is 14.5 Å². The monoisotopic (exact) mass is 402 g/mol. The standard InChI is InChI=1S/C18H19F5N4O/c19-12-2-3-14(20)11(6-12)7-13(24)8-17(28)26-4-1-5-27-15(18(21,22)23)9-25-16(27)10-26/h2-3,6,9,13H,1,4-5,7-8,10,24H2. The molecule has 0 saturated heterocycles. The molecule has 28 heavy (non-hydrogen) atoms. The predicted octanol–water partition coefficient (Wildman–Crippen LogP) is 2.87. The van der Waals surface area contributed by atoms with Gasteiger partial charge in [-0.05, 0) is 36.6 Å². The van der Waals surface area contributed by atoms with E-state index >= 15 is 0 Å². The molecule has 0 radical (unpaired) electrons. The zero-order chi connectivity index (χ0) is 20.5. The second-order valence-corrected chi connectivity index (χ2v) is 6.78. The van der Waals surface area contributed by atoms with Crippen molar-refractivity contribution in [2.24, 2.45) is 5.73 Å². The van der Waals surface area contributed by atoms with Crippen LogP contribution < -0.4 is 5.73 Å². The van der Waals surface area contributed by atoms with Gasteiger partial charge >= 0.3 is 6.18 Å². The average molecular weight is 402 g/mol. The molecule has 1 unspecified atom stereocenters. The van der Waals surface area contributed by atoms with Gasteiger partial charge in [0.2, 0.25) is 5.91 Å². The smallest absolute Gasteiger partial charge is 0.335 e. The van der Waals surface area contributed by atoms with Crippen LogP contribution >= 0.6 is 0 Å². The van der Waals surface area contributed by atoms with E-state index in [9.17, 15) is 26.7 Å². The van der Waals surface area contributed by atoms with Crippen molar-refractivity contribution in [2.75, 3.05) is 6.54 Å². The summed E-state index contributed by atoms with van der Waals surface area (Å²) in [4.78, 5) is 17.7. The Morgan fingerprint density at radius 3 is 2.71 bits per heavy atom. The van der Waals surface area contributed by atoms with Crippen LogP contribution in [0, 0.1) is 11.6 Å². The first-order chi connectivity index (χ1) is 13.1. The largest absolute Gasteiger partial charge is 0.433 e. The number of carbonyl (C=O) groups is 1. The van der Waals surface area contributed by atoms with E-state index in [2.05, 4.69) is 4.98 Å². The average Bonchev–Trinajstić information content (AvgIpc) is 2.89. The zero-order valence-electron chi connectivity index (χ0n) is 14.8. The fourth-order valence-corrected chi connectivity index (χ4v) is 3.31. The van der Waals surface area contributed by atoms with E-state index < -0.39 is 29.5 Å². The minimum atomic E-state index is -4.51. The van der Waals surface area contributed by atoms with Gasteiger partial charge in [-0.15, -0.1) is 0 Å². The van der Waals surface area contributed by atoms with Crippen molar-refractivity contribution >= 4 is 5.91 Å². The van der Waals surface area contributed by atoms with Crippen LogP contribution in [0.4, 0.5) is 22.0 Å². The van der Waals surface area contributed by atoms with Gasteiger partial charge in [-0.3, -0.25) is 4.79 Å². The highest BCUT2D eigenvalue weighted by Gasteiger charge is 2.37. The lowest BCUT2D eigenvalue weighted by molar-refractivity contribution is -0.143. The molecule has 1 aliphatic heterocycles. The van der Waals surface area contributed by atoms with Crippen molar-refractivity contribution in [3.63, 3.8) is 0 Å². The number of carbonyl (C=O) groups excluding carboxylic acids is 1. The van der Waals surface area contributed by atoms with Crippen LogP contribution in [0.5, 0.6) is 0 Å². The van der Waals surface area contributed by atoms with Crippen molar-refractivity contribution < 1.29 is 26.7 Å². The van der Waals surface area contributed by atoms with Gasteiger partial charge < -0.3 is 15.2 Å². The summed E-state index contributed by atoms with van der Waals surface area (Å²) < 4.78 is 67.1. The molecule has 0 fully saturated rings. The van der Waals surface area contributed by atoms with Gasteiger partial charge in [-0.2, -0.15) is 13.2 Å². The molecule has 1 amide bonds. The van der Waals surface area contributed by atoms with E-state index in [1.165, 1.54) is 4.90 Å². The Bertz CT molecular complexity index is 864. The third-order valence-corrected chi connectivity index (χ3v) is 4.65. The maximum atomic E-state index is 13.7. The lowest BCUT2D eigenvalue weighted by Crippen LogP contribution is -2.36. The summed E-state index contributed by atoms with van der Waals surface area (Å²) in [6, 6.07) is 2.26. The van der Waals surface area contributed by atoms with Gasteiger partial charge in [-0.1, -0.05) is 0 Å². The molecule has 1 aromatic carbocycles. The second-order valence-electron chi connectivity index (χ2n) is 6.78. The Hall–Kier alpha value is -2.49. The first-order valence-corrected chi connectivity index (χ1v) is 8.74. The molecular weight excluding hydrogens is 383 g/mol. The van der Waals surface area contributed by atoms with E-state index in [1.807, 2.05) is 0 Å². The Morgan fingerprint density at radius 1 is 1.25 bits per heavy atom. The van der Waals surface area contributed by atoms with Gasteiger partial charge in [0.1, 0.15) is 23.2 Å². The molecule has 0 spiro atoms. The molecule has 0 saturated carbocycles. The molecule has 152 valence electrons. The quantitative estimate of drug-likeness (QED) is 0.800. The highest BCUT2D eigenvalue weighted by Crippen LogP contribution is 2.31. The molecule has 1 aromatic heterocycles. The first-order valence-electron chi connectivity index (χ1n) is 8.74. The molecule has 2 N–H and O–H groups in total. The maximum Gasteiger partial charge on any atom is 0.433 e. The highest BCUT2D eigenvalue weighted by atomic mass is 19.4. The number of nitrogens with zero attached hydrogens (tertiary/aromatic N) is 3. The summed E-state index contributed by atoms with van der Waals surface area (Å²) in [5.41, 5.74) is 5.15. The number of imidazole rings is 1. The number of nitrogens with two attached hydrogens (primary N) is 1.